The van der Waals surface area contributed by atoms with Gasteiger partial charge < -0.3 is 24.8 Å². The highest BCUT2D eigenvalue weighted by Gasteiger charge is 2.41. The molecule has 3 fully saturated rings. The van der Waals surface area contributed by atoms with E-state index in [0.717, 1.165) is 38.4 Å². The van der Waals surface area contributed by atoms with Crippen LogP contribution >= 0.6 is 24.0 Å². The second-order valence-electron chi connectivity index (χ2n) is 6.07. The van der Waals surface area contributed by atoms with Gasteiger partial charge in [0.1, 0.15) is 0 Å². The molecule has 7 heteroatoms. The summed E-state index contributed by atoms with van der Waals surface area (Å²) in [6, 6.07) is 0.405. The summed E-state index contributed by atoms with van der Waals surface area (Å²) >= 11 is 0. The van der Waals surface area contributed by atoms with E-state index in [0.29, 0.717) is 37.6 Å². The molecule has 0 aromatic carbocycles. The van der Waals surface area contributed by atoms with Gasteiger partial charge in [0, 0.05) is 20.2 Å². The predicted molar refractivity (Wildman–Crippen MR) is 96.0 cm³/mol. The van der Waals surface area contributed by atoms with Crippen molar-refractivity contribution in [2.75, 3.05) is 33.4 Å². The summed E-state index contributed by atoms with van der Waals surface area (Å²) in [4.78, 5) is 4.27. The number of ether oxygens (including phenoxy) is 3. The highest BCUT2D eigenvalue weighted by atomic mass is 127. The monoisotopic (exact) mass is 425 g/mol. The highest BCUT2D eigenvalue weighted by Crippen LogP contribution is 2.34. The lowest BCUT2D eigenvalue weighted by Gasteiger charge is -2.22. The van der Waals surface area contributed by atoms with Gasteiger partial charge in [-0.05, 0) is 32.1 Å². The molecule has 3 aliphatic heterocycles. The predicted octanol–water partition coefficient (Wildman–Crippen LogP) is 1.28. The van der Waals surface area contributed by atoms with Gasteiger partial charge in [-0.25, -0.2) is 0 Å². The number of nitrogens with zero attached hydrogens (tertiary/aromatic N) is 1. The quantitative estimate of drug-likeness (QED) is 0.291. The average molecular weight is 425 g/mol. The maximum Gasteiger partial charge on any atom is 0.191 e. The molecule has 0 amide bonds. The van der Waals surface area contributed by atoms with Crippen LogP contribution in [0.15, 0.2) is 4.99 Å². The third kappa shape index (κ3) is 4.94. The van der Waals surface area contributed by atoms with Crippen LogP contribution in [0.25, 0.3) is 0 Å². The lowest BCUT2D eigenvalue weighted by Crippen LogP contribution is -2.48. The van der Waals surface area contributed by atoms with Crippen LogP contribution in [0.4, 0.5) is 0 Å². The van der Waals surface area contributed by atoms with Crippen molar-refractivity contribution >= 4 is 29.9 Å². The molecule has 4 atom stereocenters. The Hall–Kier alpha value is -0.120. The van der Waals surface area contributed by atoms with Gasteiger partial charge in [0.15, 0.2) is 5.96 Å². The van der Waals surface area contributed by atoms with Crippen LogP contribution in [0.5, 0.6) is 0 Å². The van der Waals surface area contributed by atoms with Crippen molar-refractivity contribution in [2.45, 2.75) is 56.5 Å². The van der Waals surface area contributed by atoms with Gasteiger partial charge in [-0.3, -0.25) is 4.99 Å². The first-order valence-corrected chi connectivity index (χ1v) is 8.17. The van der Waals surface area contributed by atoms with Gasteiger partial charge in [0.25, 0.3) is 0 Å². The maximum absolute atomic E-state index is 5.85. The Bertz CT molecular complexity index is 364. The average Bonchev–Trinajstić information content (AvgIpc) is 3.23. The molecule has 3 rings (SSSR count). The first-order valence-electron chi connectivity index (χ1n) is 8.17. The number of halogens is 1. The molecule has 3 heterocycles. The normalized spacial score (nSPS) is 33.8. The summed E-state index contributed by atoms with van der Waals surface area (Å²) in [6.45, 7) is 3.02. The summed E-state index contributed by atoms with van der Waals surface area (Å²) in [7, 11) is 1.80. The summed E-state index contributed by atoms with van der Waals surface area (Å²) in [5, 5.41) is 6.76. The molecule has 0 spiro atoms. The highest BCUT2D eigenvalue weighted by molar-refractivity contribution is 14.0. The number of fused-ring (bicyclic) bond motifs is 2. The molecule has 128 valence electrons. The number of nitrogens with one attached hydrogen (secondary N) is 2. The van der Waals surface area contributed by atoms with Gasteiger partial charge in [-0.2, -0.15) is 0 Å². The van der Waals surface area contributed by atoms with Gasteiger partial charge in [0.2, 0.25) is 0 Å². The molecular formula is C15H28IN3O3. The third-order valence-corrected chi connectivity index (χ3v) is 4.52. The Labute approximate surface area is 149 Å². The molecule has 0 saturated carbocycles. The van der Waals surface area contributed by atoms with Crippen LogP contribution < -0.4 is 10.6 Å². The van der Waals surface area contributed by atoms with Gasteiger partial charge >= 0.3 is 0 Å². The molecule has 2 bridgehead atoms. The van der Waals surface area contributed by atoms with Crippen molar-refractivity contribution in [1.82, 2.24) is 10.6 Å². The minimum atomic E-state index is 0. The molecule has 0 aliphatic carbocycles. The molecule has 3 saturated heterocycles. The SMILES string of the molecule is CN=C(NCCOCC1CCCO1)NC1CC2CCC1O2.I. The minimum absolute atomic E-state index is 0. The fourth-order valence-corrected chi connectivity index (χ4v) is 3.39. The number of hydrogen-bond donors (Lipinski definition) is 2. The molecule has 4 unspecified atom stereocenters. The fraction of sp³-hybridized carbons (Fsp3) is 0.933. The van der Waals surface area contributed by atoms with E-state index in [9.17, 15) is 0 Å². The van der Waals surface area contributed by atoms with Crippen LogP contribution in [0.1, 0.15) is 32.1 Å². The summed E-state index contributed by atoms with van der Waals surface area (Å²) in [5.41, 5.74) is 0. The minimum Gasteiger partial charge on any atom is -0.377 e. The topological polar surface area (TPSA) is 64.1 Å². The van der Waals surface area contributed by atoms with E-state index >= 15 is 0 Å². The van der Waals surface area contributed by atoms with Crippen LogP contribution in [0.3, 0.4) is 0 Å². The van der Waals surface area contributed by atoms with Crippen molar-refractivity contribution in [3.63, 3.8) is 0 Å². The van der Waals surface area contributed by atoms with Crippen molar-refractivity contribution in [2.24, 2.45) is 4.99 Å². The van der Waals surface area contributed by atoms with E-state index in [4.69, 9.17) is 14.2 Å². The Morgan fingerprint density at radius 2 is 2.23 bits per heavy atom. The maximum atomic E-state index is 5.85. The Morgan fingerprint density at radius 1 is 1.32 bits per heavy atom. The van der Waals surface area contributed by atoms with Gasteiger partial charge in [-0.15, -0.1) is 24.0 Å². The first-order chi connectivity index (χ1) is 10.3. The van der Waals surface area contributed by atoms with Crippen LogP contribution in [-0.4, -0.2) is 63.7 Å². The van der Waals surface area contributed by atoms with Crippen molar-refractivity contribution in [3.8, 4) is 0 Å². The van der Waals surface area contributed by atoms with Crippen molar-refractivity contribution in [3.05, 3.63) is 0 Å². The van der Waals surface area contributed by atoms with Crippen molar-refractivity contribution < 1.29 is 14.2 Å². The Balaban J connectivity index is 0.00000176. The smallest absolute Gasteiger partial charge is 0.191 e. The Kier molecular flexibility index (Phi) is 7.66. The molecule has 6 nitrogen and oxygen atoms in total. The van der Waals surface area contributed by atoms with E-state index in [1.165, 1.54) is 12.8 Å². The van der Waals surface area contributed by atoms with E-state index in [1.807, 2.05) is 0 Å². The van der Waals surface area contributed by atoms with E-state index in [-0.39, 0.29) is 24.0 Å². The summed E-state index contributed by atoms with van der Waals surface area (Å²) in [6.07, 6.45) is 6.89. The lowest BCUT2D eigenvalue weighted by molar-refractivity contribution is 0.0191. The summed E-state index contributed by atoms with van der Waals surface area (Å²) < 4.78 is 17.0. The zero-order valence-electron chi connectivity index (χ0n) is 13.3. The van der Waals surface area contributed by atoms with E-state index in [2.05, 4.69) is 15.6 Å². The number of guanidine groups is 1. The molecule has 0 radical (unpaired) electrons. The zero-order chi connectivity index (χ0) is 14.5. The van der Waals surface area contributed by atoms with Crippen LogP contribution in [0, 0.1) is 0 Å². The van der Waals surface area contributed by atoms with Gasteiger partial charge in [0.05, 0.1) is 37.6 Å². The molecule has 3 aliphatic rings. The largest absolute Gasteiger partial charge is 0.377 e. The summed E-state index contributed by atoms with van der Waals surface area (Å²) in [5.74, 6) is 0.844. The Morgan fingerprint density at radius 3 is 2.86 bits per heavy atom. The zero-order valence-corrected chi connectivity index (χ0v) is 15.6. The van der Waals surface area contributed by atoms with Crippen LogP contribution in [-0.2, 0) is 14.2 Å². The fourth-order valence-electron chi connectivity index (χ4n) is 3.39. The van der Waals surface area contributed by atoms with Gasteiger partial charge in [-0.1, -0.05) is 0 Å². The second-order valence-corrected chi connectivity index (χ2v) is 6.07. The third-order valence-electron chi connectivity index (χ3n) is 4.52. The molecule has 2 N–H and O–H groups in total. The number of rotatable bonds is 6. The molecule has 22 heavy (non-hydrogen) atoms. The number of aliphatic imine (C=N–C) groups is 1. The first kappa shape index (κ1) is 18.2. The second kappa shape index (κ2) is 9.24. The molecular weight excluding hydrogens is 397 g/mol. The van der Waals surface area contributed by atoms with Crippen LogP contribution in [0.2, 0.25) is 0 Å². The van der Waals surface area contributed by atoms with E-state index < -0.39 is 0 Å². The lowest BCUT2D eigenvalue weighted by atomic mass is 9.96. The number of hydrogen-bond acceptors (Lipinski definition) is 4. The van der Waals surface area contributed by atoms with Crippen molar-refractivity contribution in [1.29, 1.82) is 0 Å². The molecule has 0 aromatic heterocycles. The standard InChI is InChI=1S/C15H27N3O3.HI/c1-16-15(18-13-9-11-4-5-14(13)21-11)17-6-8-19-10-12-3-2-7-20-12;/h11-14H,2-10H2,1H3,(H2,16,17,18);1H. The van der Waals surface area contributed by atoms with E-state index in [1.54, 1.807) is 7.05 Å². The molecule has 0 aromatic rings.